The molecule has 2 rings (SSSR count). The molecule has 8 heteroatoms. The van der Waals surface area contributed by atoms with Crippen LogP contribution in [-0.2, 0) is 11.3 Å². The van der Waals surface area contributed by atoms with Gasteiger partial charge in [0, 0.05) is 26.7 Å². The second-order valence-electron chi connectivity index (χ2n) is 7.26. The number of hydrogen-bond acceptors (Lipinski definition) is 4. The van der Waals surface area contributed by atoms with E-state index in [0.29, 0.717) is 6.54 Å². The molecule has 6 nitrogen and oxygen atoms in total. The van der Waals surface area contributed by atoms with E-state index in [2.05, 4.69) is 32.5 Å². The van der Waals surface area contributed by atoms with Crippen LogP contribution in [0.15, 0.2) is 21.8 Å². The van der Waals surface area contributed by atoms with Crippen molar-refractivity contribution < 1.29 is 9.53 Å². The fourth-order valence-corrected chi connectivity index (χ4v) is 3.46. The van der Waals surface area contributed by atoms with Gasteiger partial charge in [-0.1, -0.05) is 0 Å². The van der Waals surface area contributed by atoms with Gasteiger partial charge in [0.05, 0.1) is 6.04 Å². The third-order valence-corrected chi connectivity index (χ3v) is 4.76. The van der Waals surface area contributed by atoms with Gasteiger partial charge in [-0.15, -0.1) is 24.0 Å². The van der Waals surface area contributed by atoms with E-state index in [1.165, 1.54) is 5.56 Å². The number of likely N-dealkylation sites (tertiary alicyclic amines) is 1. The first kappa shape index (κ1) is 23.0. The zero-order valence-electron chi connectivity index (χ0n) is 16.1. The zero-order valence-corrected chi connectivity index (χ0v) is 19.2. The lowest BCUT2D eigenvalue weighted by Crippen LogP contribution is -2.52. The Balaban J connectivity index is 0.00000338. The molecule has 1 saturated heterocycles. The molecule has 0 aromatic carbocycles. The van der Waals surface area contributed by atoms with E-state index >= 15 is 0 Å². The van der Waals surface area contributed by atoms with Crippen LogP contribution in [0.25, 0.3) is 0 Å². The van der Waals surface area contributed by atoms with Crippen molar-refractivity contribution in [2.24, 2.45) is 4.99 Å². The maximum Gasteiger partial charge on any atom is 0.410 e. The van der Waals surface area contributed by atoms with Crippen LogP contribution >= 0.6 is 35.3 Å². The van der Waals surface area contributed by atoms with Gasteiger partial charge in [-0.25, -0.2) is 4.79 Å². The van der Waals surface area contributed by atoms with Crippen molar-refractivity contribution in [3.05, 3.63) is 22.4 Å². The predicted octanol–water partition coefficient (Wildman–Crippen LogP) is 3.82. The van der Waals surface area contributed by atoms with E-state index < -0.39 is 5.60 Å². The summed E-state index contributed by atoms with van der Waals surface area (Å²) >= 11 is 1.68. The molecule has 1 aliphatic heterocycles. The number of thiophene rings is 1. The Kier molecular flexibility index (Phi) is 9.70. The van der Waals surface area contributed by atoms with Crippen LogP contribution in [-0.4, -0.2) is 48.7 Å². The van der Waals surface area contributed by atoms with Gasteiger partial charge in [-0.3, -0.25) is 4.99 Å². The molecule has 1 atom stereocenters. The minimum atomic E-state index is -0.468. The molecule has 0 radical (unpaired) electrons. The Morgan fingerprint density at radius 1 is 1.38 bits per heavy atom. The van der Waals surface area contributed by atoms with Crippen LogP contribution in [0.2, 0.25) is 0 Å². The lowest BCUT2D eigenvalue weighted by atomic mass is 10.0. The van der Waals surface area contributed by atoms with Crippen molar-refractivity contribution in [2.75, 3.05) is 20.1 Å². The molecule has 0 bridgehead atoms. The summed E-state index contributed by atoms with van der Waals surface area (Å²) in [5, 5.41) is 10.8. The number of hydrogen-bond donors (Lipinski definition) is 2. The molecule has 1 aromatic rings. The monoisotopic (exact) mass is 494 g/mol. The lowest BCUT2D eigenvalue weighted by Gasteiger charge is -2.37. The molecule has 0 spiro atoms. The smallest absolute Gasteiger partial charge is 0.410 e. The van der Waals surface area contributed by atoms with Gasteiger partial charge in [0.25, 0.3) is 0 Å². The molecule has 1 aliphatic rings. The number of piperidine rings is 1. The minimum absolute atomic E-state index is 0. The Morgan fingerprint density at radius 2 is 2.15 bits per heavy atom. The second kappa shape index (κ2) is 11.0. The molecule has 1 amide bonds. The summed E-state index contributed by atoms with van der Waals surface area (Å²) in [6.07, 6.45) is 2.92. The quantitative estimate of drug-likeness (QED) is 0.380. The number of amides is 1. The molecule has 2 heterocycles. The largest absolute Gasteiger partial charge is 0.444 e. The van der Waals surface area contributed by atoms with E-state index in [1.54, 1.807) is 18.4 Å². The number of guanidine groups is 1. The molecule has 26 heavy (non-hydrogen) atoms. The topological polar surface area (TPSA) is 66.0 Å². The molecule has 2 N–H and O–H groups in total. The third kappa shape index (κ3) is 7.69. The second-order valence-corrected chi connectivity index (χ2v) is 8.04. The Hall–Kier alpha value is -1.03. The molecule has 148 valence electrons. The summed E-state index contributed by atoms with van der Waals surface area (Å²) in [4.78, 5) is 18.6. The molecular formula is C18H31IN4O2S. The number of aliphatic imine (C=N–C) groups is 1. The molecule has 1 unspecified atom stereocenters. The molecule has 0 saturated carbocycles. The fraction of sp³-hybridized carbons (Fsp3) is 0.667. The molecule has 1 aromatic heterocycles. The van der Waals surface area contributed by atoms with Gasteiger partial charge in [-0.2, -0.15) is 11.3 Å². The Morgan fingerprint density at radius 3 is 2.77 bits per heavy atom. The lowest BCUT2D eigenvalue weighted by molar-refractivity contribution is 0.0104. The SMILES string of the molecule is CN=C(NCc1ccsc1)NCC1CCCCN1C(=O)OC(C)(C)C.I. The average Bonchev–Trinajstić information content (AvgIpc) is 3.07. The molecule has 1 fully saturated rings. The first-order valence-corrected chi connectivity index (χ1v) is 9.78. The van der Waals surface area contributed by atoms with E-state index in [1.807, 2.05) is 25.7 Å². The van der Waals surface area contributed by atoms with Crippen LogP contribution in [0, 0.1) is 0 Å². The van der Waals surface area contributed by atoms with Gasteiger partial charge < -0.3 is 20.3 Å². The van der Waals surface area contributed by atoms with Crippen LogP contribution in [0.5, 0.6) is 0 Å². The highest BCUT2D eigenvalue weighted by molar-refractivity contribution is 14.0. The van der Waals surface area contributed by atoms with Gasteiger partial charge in [-0.05, 0) is 62.4 Å². The number of carbonyl (C=O) groups is 1. The van der Waals surface area contributed by atoms with Crippen LogP contribution < -0.4 is 10.6 Å². The Bertz CT molecular complexity index is 572. The van der Waals surface area contributed by atoms with E-state index in [0.717, 1.165) is 38.3 Å². The van der Waals surface area contributed by atoms with E-state index in [-0.39, 0.29) is 36.1 Å². The van der Waals surface area contributed by atoms with Gasteiger partial charge >= 0.3 is 6.09 Å². The minimum Gasteiger partial charge on any atom is -0.444 e. The zero-order chi connectivity index (χ0) is 18.3. The van der Waals surface area contributed by atoms with Crippen molar-refractivity contribution in [2.45, 2.75) is 58.2 Å². The molecule has 0 aliphatic carbocycles. The van der Waals surface area contributed by atoms with Crippen molar-refractivity contribution >= 4 is 47.4 Å². The highest BCUT2D eigenvalue weighted by atomic mass is 127. The standard InChI is InChI=1S/C18H30N4O2S.HI/c1-18(2,3)24-17(23)22-9-6-5-7-15(22)12-21-16(19-4)20-11-14-8-10-25-13-14;/h8,10,13,15H,5-7,9,11-12H2,1-4H3,(H2,19,20,21);1H. The van der Waals surface area contributed by atoms with Gasteiger partial charge in [0.2, 0.25) is 0 Å². The number of carbonyl (C=O) groups excluding carboxylic acids is 1. The fourth-order valence-electron chi connectivity index (χ4n) is 2.79. The number of rotatable bonds is 4. The maximum atomic E-state index is 12.5. The van der Waals surface area contributed by atoms with Crippen molar-refractivity contribution in [1.82, 2.24) is 15.5 Å². The number of nitrogens with one attached hydrogen (secondary N) is 2. The number of nitrogens with zero attached hydrogens (tertiary/aromatic N) is 2. The summed E-state index contributed by atoms with van der Waals surface area (Å²) in [5.74, 6) is 0.751. The Labute approximate surface area is 177 Å². The van der Waals surface area contributed by atoms with E-state index in [9.17, 15) is 4.79 Å². The average molecular weight is 494 g/mol. The predicted molar refractivity (Wildman–Crippen MR) is 119 cm³/mol. The summed E-state index contributed by atoms with van der Waals surface area (Å²) in [5.41, 5.74) is 0.769. The summed E-state index contributed by atoms with van der Waals surface area (Å²) in [6, 6.07) is 2.22. The van der Waals surface area contributed by atoms with Crippen LogP contribution in [0.1, 0.15) is 45.6 Å². The first-order chi connectivity index (χ1) is 11.9. The number of ether oxygens (including phenoxy) is 1. The van der Waals surface area contributed by atoms with Gasteiger partial charge in [0.15, 0.2) is 5.96 Å². The van der Waals surface area contributed by atoms with Crippen molar-refractivity contribution in [1.29, 1.82) is 0 Å². The van der Waals surface area contributed by atoms with Crippen molar-refractivity contribution in [3.63, 3.8) is 0 Å². The summed E-state index contributed by atoms with van der Waals surface area (Å²) in [7, 11) is 1.76. The highest BCUT2D eigenvalue weighted by Crippen LogP contribution is 2.20. The molecular weight excluding hydrogens is 463 g/mol. The summed E-state index contributed by atoms with van der Waals surface area (Å²) < 4.78 is 5.55. The highest BCUT2D eigenvalue weighted by Gasteiger charge is 2.30. The first-order valence-electron chi connectivity index (χ1n) is 8.84. The van der Waals surface area contributed by atoms with Crippen LogP contribution in [0.4, 0.5) is 4.79 Å². The van der Waals surface area contributed by atoms with E-state index in [4.69, 9.17) is 4.74 Å². The van der Waals surface area contributed by atoms with Crippen LogP contribution in [0.3, 0.4) is 0 Å². The summed E-state index contributed by atoms with van der Waals surface area (Å²) in [6.45, 7) is 7.86. The number of halogens is 1. The maximum absolute atomic E-state index is 12.5. The third-order valence-electron chi connectivity index (χ3n) is 4.02. The van der Waals surface area contributed by atoms with Crippen molar-refractivity contribution in [3.8, 4) is 0 Å². The normalized spacial score (nSPS) is 18.1. The van der Waals surface area contributed by atoms with Gasteiger partial charge in [0.1, 0.15) is 5.60 Å².